The summed E-state index contributed by atoms with van der Waals surface area (Å²) < 4.78 is 46.6. The summed E-state index contributed by atoms with van der Waals surface area (Å²) in [6.45, 7) is 1.46. The summed E-state index contributed by atoms with van der Waals surface area (Å²) in [6.07, 6.45) is 0.210. The molecule has 0 radical (unpaired) electrons. The van der Waals surface area contributed by atoms with E-state index in [1.54, 1.807) is 36.7 Å². The van der Waals surface area contributed by atoms with Gasteiger partial charge < -0.3 is 4.74 Å². The van der Waals surface area contributed by atoms with Crippen molar-refractivity contribution in [1.82, 2.24) is 29.8 Å². The summed E-state index contributed by atoms with van der Waals surface area (Å²) in [4.78, 5) is 7.77. The van der Waals surface area contributed by atoms with Gasteiger partial charge in [0.15, 0.2) is 5.65 Å². The van der Waals surface area contributed by atoms with E-state index < -0.39 is 11.9 Å². The van der Waals surface area contributed by atoms with Crippen LogP contribution in [0.4, 0.5) is 13.2 Å². The fraction of sp³-hybridized carbons (Fsp3) is 0.125. The van der Waals surface area contributed by atoms with Crippen LogP contribution in [0.1, 0.15) is 17.0 Å². The zero-order valence-electron chi connectivity index (χ0n) is 18.2. The number of alkyl halides is 3. The van der Waals surface area contributed by atoms with Gasteiger partial charge in [-0.25, -0.2) is 4.98 Å². The summed E-state index contributed by atoms with van der Waals surface area (Å²) >= 11 is 6.10. The molecule has 0 aliphatic heterocycles. The summed E-state index contributed by atoms with van der Waals surface area (Å²) in [7, 11) is 0. The van der Waals surface area contributed by atoms with Crippen molar-refractivity contribution in [3.05, 3.63) is 89.2 Å². The van der Waals surface area contributed by atoms with E-state index in [1.807, 2.05) is 12.1 Å². The second kappa shape index (κ2) is 8.95. The Hall–Kier alpha value is -4.05. The van der Waals surface area contributed by atoms with Crippen LogP contribution >= 0.6 is 11.6 Å². The number of fused-ring (bicyclic) bond motifs is 1. The molecular weight excluding hydrogens is 481 g/mol. The molecule has 0 N–H and O–H groups in total. The molecule has 35 heavy (non-hydrogen) atoms. The molecule has 0 saturated heterocycles. The maximum atomic E-state index is 13.0. The molecule has 5 rings (SSSR count). The van der Waals surface area contributed by atoms with Gasteiger partial charge in [-0.1, -0.05) is 29.8 Å². The minimum Gasteiger partial charge on any atom is -0.471 e. The van der Waals surface area contributed by atoms with Gasteiger partial charge in [0.05, 0.1) is 5.56 Å². The first-order valence-electron chi connectivity index (χ1n) is 10.4. The lowest BCUT2D eigenvalue weighted by molar-refractivity contribution is -0.141. The third-order valence-electron chi connectivity index (χ3n) is 5.37. The van der Waals surface area contributed by atoms with Gasteiger partial charge in [0, 0.05) is 34.2 Å². The second-order valence-corrected chi connectivity index (χ2v) is 8.06. The molecule has 5 aromatic rings. The van der Waals surface area contributed by atoms with Gasteiger partial charge in [-0.3, -0.25) is 4.98 Å². The van der Waals surface area contributed by atoms with E-state index in [9.17, 15) is 13.2 Å². The Morgan fingerprint density at radius 1 is 0.943 bits per heavy atom. The molecule has 0 fully saturated rings. The second-order valence-electron chi connectivity index (χ2n) is 7.62. The molecular formula is C24H16ClF3N6O. The minimum atomic E-state index is -4.52. The first-order valence-corrected chi connectivity index (χ1v) is 10.8. The molecule has 0 aliphatic carbocycles. The van der Waals surface area contributed by atoms with Crippen molar-refractivity contribution in [3.63, 3.8) is 0 Å². The average molecular weight is 497 g/mol. The maximum Gasteiger partial charge on any atom is 0.433 e. The van der Waals surface area contributed by atoms with Gasteiger partial charge in [-0.15, -0.1) is 15.3 Å². The maximum absolute atomic E-state index is 13.0. The molecule has 4 aromatic heterocycles. The van der Waals surface area contributed by atoms with Crippen LogP contribution < -0.4 is 4.74 Å². The van der Waals surface area contributed by atoms with Gasteiger partial charge in [0.25, 0.3) is 0 Å². The Balaban J connectivity index is 1.64. The molecule has 0 aliphatic rings. The molecule has 0 atom stereocenters. The van der Waals surface area contributed by atoms with Crippen LogP contribution in [0.5, 0.6) is 5.88 Å². The number of aromatic nitrogens is 6. The van der Waals surface area contributed by atoms with Crippen molar-refractivity contribution in [2.45, 2.75) is 19.7 Å². The van der Waals surface area contributed by atoms with Crippen molar-refractivity contribution in [1.29, 1.82) is 0 Å². The van der Waals surface area contributed by atoms with Crippen LogP contribution in [0.2, 0.25) is 5.02 Å². The van der Waals surface area contributed by atoms with Gasteiger partial charge in [0.1, 0.15) is 18.6 Å². The molecule has 176 valence electrons. The van der Waals surface area contributed by atoms with E-state index in [-0.39, 0.29) is 18.2 Å². The Bertz CT molecular complexity index is 1500. The first-order chi connectivity index (χ1) is 16.8. The number of hydrogen-bond donors (Lipinski definition) is 0. The van der Waals surface area contributed by atoms with E-state index >= 15 is 0 Å². The number of benzene rings is 1. The van der Waals surface area contributed by atoms with Crippen LogP contribution in [0, 0.1) is 6.92 Å². The van der Waals surface area contributed by atoms with Crippen molar-refractivity contribution in [2.75, 3.05) is 0 Å². The summed E-state index contributed by atoms with van der Waals surface area (Å²) in [6, 6.07) is 13.1. The third-order valence-corrected chi connectivity index (χ3v) is 5.62. The number of nitrogens with zero attached hydrogens (tertiary/aromatic N) is 6. The van der Waals surface area contributed by atoms with Gasteiger partial charge in [-0.05, 0) is 48.4 Å². The topological polar surface area (TPSA) is 78.1 Å². The molecule has 1 aromatic carbocycles. The Labute approximate surface area is 202 Å². The van der Waals surface area contributed by atoms with Crippen molar-refractivity contribution in [3.8, 4) is 28.1 Å². The molecule has 0 bridgehead atoms. The summed E-state index contributed by atoms with van der Waals surface area (Å²) in [5.41, 5.74) is 3.17. The number of hydrogen-bond acceptors (Lipinski definition) is 6. The van der Waals surface area contributed by atoms with E-state index in [0.717, 1.165) is 17.2 Å². The molecule has 0 unspecified atom stereocenters. The number of aryl methyl sites for hydroxylation is 1. The van der Waals surface area contributed by atoms with Crippen LogP contribution in [0.25, 0.3) is 27.9 Å². The lowest BCUT2D eigenvalue weighted by Gasteiger charge is -2.17. The number of pyridine rings is 2. The van der Waals surface area contributed by atoms with Gasteiger partial charge >= 0.3 is 6.18 Å². The Morgan fingerprint density at radius 3 is 2.34 bits per heavy atom. The summed E-state index contributed by atoms with van der Waals surface area (Å²) in [5, 5.41) is 13.3. The predicted molar refractivity (Wildman–Crippen MR) is 123 cm³/mol. The minimum absolute atomic E-state index is 0.0459. The van der Waals surface area contributed by atoms with Gasteiger partial charge in [0.2, 0.25) is 5.88 Å². The summed E-state index contributed by atoms with van der Waals surface area (Å²) in [5.74, 6) is 0.243. The smallest absolute Gasteiger partial charge is 0.433 e. The standard InChI is InChI=1S/C24H16ClF3N6O/c1-14-17(4-7-19(31-14)24(26,27)28)12-35-23-21(16-8-10-29-11-9-16)20(15-2-5-18(25)6-3-15)22-32-30-13-34(22)33-23/h2-11,13H,12H2,1H3. The van der Waals surface area contributed by atoms with Gasteiger partial charge in [-0.2, -0.15) is 17.7 Å². The molecule has 0 spiro atoms. The Morgan fingerprint density at radius 2 is 1.66 bits per heavy atom. The molecule has 7 nitrogen and oxygen atoms in total. The third kappa shape index (κ3) is 4.52. The lowest BCUT2D eigenvalue weighted by Crippen LogP contribution is -2.11. The van der Waals surface area contributed by atoms with E-state index in [4.69, 9.17) is 16.3 Å². The fourth-order valence-corrected chi connectivity index (χ4v) is 3.78. The highest BCUT2D eigenvalue weighted by molar-refractivity contribution is 6.30. The molecule has 11 heteroatoms. The van der Waals surface area contributed by atoms with Crippen LogP contribution in [0.3, 0.4) is 0 Å². The monoisotopic (exact) mass is 496 g/mol. The largest absolute Gasteiger partial charge is 0.471 e. The van der Waals surface area contributed by atoms with E-state index in [2.05, 4.69) is 25.3 Å². The van der Waals surface area contributed by atoms with Crippen LogP contribution in [-0.2, 0) is 12.8 Å². The molecule has 4 heterocycles. The van der Waals surface area contributed by atoms with Crippen LogP contribution in [0.15, 0.2) is 67.3 Å². The normalized spacial score (nSPS) is 11.7. The lowest BCUT2D eigenvalue weighted by atomic mass is 9.97. The highest BCUT2D eigenvalue weighted by atomic mass is 35.5. The van der Waals surface area contributed by atoms with Crippen LogP contribution in [-0.4, -0.2) is 29.8 Å². The SMILES string of the molecule is Cc1nc(C(F)(F)F)ccc1COc1nn2cnnc2c(-c2ccc(Cl)cc2)c1-c1ccncc1. The van der Waals surface area contributed by atoms with Crippen molar-refractivity contribution < 1.29 is 17.9 Å². The average Bonchev–Trinajstić information content (AvgIpc) is 3.31. The molecule has 0 saturated carbocycles. The van der Waals surface area contributed by atoms with E-state index in [0.29, 0.717) is 27.4 Å². The zero-order valence-corrected chi connectivity index (χ0v) is 18.9. The van der Waals surface area contributed by atoms with Crippen molar-refractivity contribution >= 4 is 17.2 Å². The fourth-order valence-electron chi connectivity index (χ4n) is 3.66. The first kappa shape index (κ1) is 22.7. The quantitative estimate of drug-likeness (QED) is 0.305. The number of halogens is 4. The highest BCUT2D eigenvalue weighted by Crippen LogP contribution is 2.40. The van der Waals surface area contributed by atoms with Crippen molar-refractivity contribution in [2.24, 2.45) is 0 Å². The predicted octanol–water partition coefficient (Wildman–Crippen LogP) is 5.81. The number of rotatable bonds is 5. The highest BCUT2D eigenvalue weighted by Gasteiger charge is 2.32. The number of ether oxygens (including phenoxy) is 1. The zero-order chi connectivity index (χ0) is 24.6. The van der Waals surface area contributed by atoms with E-state index in [1.165, 1.54) is 23.8 Å². The molecule has 0 amide bonds. The Kier molecular flexibility index (Phi) is 5.81.